The molecule has 0 unspecified atom stereocenters. The number of carbonyl (C=O) groups is 2. The number of nitrogens with zero attached hydrogens (tertiary/aromatic N) is 3. The molecular weight excluding hydrogens is 308 g/mol. The summed E-state index contributed by atoms with van der Waals surface area (Å²) in [7, 11) is 1.77. The van der Waals surface area contributed by atoms with Gasteiger partial charge in [-0.3, -0.25) is 9.48 Å². The van der Waals surface area contributed by atoms with Crippen molar-refractivity contribution in [1.29, 1.82) is 0 Å². The van der Waals surface area contributed by atoms with E-state index < -0.39 is 6.03 Å². The topological polar surface area (TPSA) is 107 Å². The van der Waals surface area contributed by atoms with Gasteiger partial charge in [0.2, 0.25) is 0 Å². The molecule has 122 valence electrons. The van der Waals surface area contributed by atoms with Gasteiger partial charge in [0, 0.05) is 30.8 Å². The number of amides is 3. The van der Waals surface area contributed by atoms with Crippen LogP contribution >= 0.6 is 0 Å². The molecule has 2 aromatic heterocycles. The molecule has 0 fully saturated rings. The van der Waals surface area contributed by atoms with Gasteiger partial charge in [-0.25, -0.2) is 4.79 Å². The maximum absolute atomic E-state index is 12.5. The number of anilines is 2. The lowest BCUT2D eigenvalue weighted by Gasteiger charge is -2.09. The van der Waals surface area contributed by atoms with Crippen LogP contribution in [0.2, 0.25) is 0 Å². The number of urea groups is 1. The predicted octanol–water partition coefficient (Wildman–Crippen LogP) is 1.95. The fraction of sp³-hybridized carbons (Fsp3) is 0.0625. The zero-order valence-corrected chi connectivity index (χ0v) is 12.9. The maximum atomic E-state index is 12.5. The number of aryl methyl sites for hydroxylation is 1. The molecule has 3 aromatic rings. The van der Waals surface area contributed by atoms with E-state index in [1.54, 1.807) is 36.0 Å². The molecule has 8 nitrogen and oxygen atoms in total. The fourth-order valence-corrected chi connectivity index (χ4v) is 2.35. The van der Waals surface area contributed by atoms with Crippen molar-refractivity contribution in [2.75, 3.05) is 10.6 Å². The normalized spacial score (nSPS) is 10.4. The Hall–Kier alpha value is -3.55. The lowest BCUT2D eigenvalue weighted by molar-refractivity contribution is 0.102. The van der Waals surface area contributed by atoms with Crippen LogP contribution in [0.4, 0.5) is 16.2 Å². The van der Waals surface area contributed by atoms with Crippen LogP contribution in [-0.2, 0) is 7.05 Å². The molecule has 0 spiro atoms. The first kappa shape index (κ1) is 15.3. The predicted molar refractivity (Wildman–Crippen MR) is 90.1 cm³/mol. The van der Waals surface area contributed by atoms with Crippen LogP contribution in [0.3, 0.4) is 0 Å². The van der Waals surface area contributed by atoms with Crippen LogP contribution in [0.1, 0.15) is 10.4 Å². The van der Waals surface area contributed by atoms with Crippen LogP contribution in [-0.4, -0.2) is 26.3 Å². The zero-order valence-electron chi connectivity index (χ0n) is 12.9. The highest BCUT2D eigenvalue weighted by Crippen LogP contribution is 2.18. The Kier molecular flexibility index (Phi) is 4.02. The van der Waals surface area contributed by atoms with Gasteiger partial charge in [-0.2, -0.15) is 5.10 Å². The van der Waals surface area contributed by atoms with Crippen LogP contribution in [0.15, 0.2) is 55.0 Å². The Morgan fingerprint density at radius 2 is 1.62 bits per heavy atom. The zero-order chi connectivity index (χ0) is 17.1. The molecule has 0 atom stereocenters. The van der Waals surface area contributed by atoms with E-state index in [1.807, 2.05) is 29.1 Å². The monoisotopic (exact) mass is 324 g/mol. The van der Waals surface area contributed by atoms with E-state index in [0.717, 1.165) is 0 Å². The summed E-state index contributed by atoms with van der Waals surface area (Å²) >= 11 is 0. The first-order valence-electron chi connectivity index (χ1n) is 7.18. The van der Waals surface area contributed by atoms with Gasteiger partial charge in [0.15, 0.2) is 0 Å². The Morgan fingerprint density at radius 3 is 2.21 bits per heavy atom. The standard InChI is InChI=1S/C16H16N6O2/c1-21-15(22-8-2-3-9-22)13(10-18-21)14(23)19-11-4-6-12(7-5-11)20-16(17)24/h2-10H,1H3,(H,19,23)(H3,17,20,24). The Balaban J connectivity index is 1.80. The second-order valence-electron chi connectivity index (χ2n) is 5.12. The van der Waals surface area contributed by atoms with Crippen molar-refractivity contribution in [1.82, 2.24) is 14.3 Å². The Labute approximate surface area is 137 Å². The SMILES string of the molecule is Cn1ncc(C(=O)Nc2ccc(NC(N)=O)cc2)c1-n1cccc1. The number of rotatable bonds is 4. The highest BCUT2D eigenvalue weighted by molar-refractivity contribution is 6.06. The summed E-state index contributed by atoms with van der Waals surface area (Å²) in [5.74, 6) is 0.395. The molecule has 0 bridgehead atoms. The summed E-state index contributed by atoms with van der Waals surface area (Å²) < 4.78 is 3.45. The van der Waals surface area contributed by atoms with E-state index in [1.165, 1.54) is 6.20 Å². The van der Waals surface area contributed by atoms with Gasteiger partial charge in [-0.1, -0.05) is 0 Å². The Morgan fingerprint density at radius 1 is 1.04 bits per heavy atom. The fourth-order valence-electron chi connectivity index (χ4n) is 2.35. The second-order valence-corrected chi connectivity index (χ2v) is 5.12. The number of hydrogen-bond acceptors (Lipinski definition) is 3. The van der Waals surface area contributed by atoms with Gasteiger partial charge in [0.1, 0.15) is 11.4 Å². The number of nitrogens with two attached hydrogens (primary N) is 1. The number of carbonyl (C=O) groups excluding carboxylic acids is 2. The number of aromatic nitrogens is 3. The summed E-state index contributed by atoms with van der Waals surface area (Å²) in [6, 6.07) is 9.76. The third kappa shape index (κ3) is 3.12. The number of primary amides is 1. The molecule has 2 heterocycles. The lowest BCUT2D eigenvalue weighted by atomic mass is 10.2. The van der Waals surface area contributed by atoms with E-state index in [2.05, 4.69) is 15.7 Å². The Bertz CT molecular complexity index is 865. The van der Waals surface area contributed by atoms with Crippen molar-refractivity contribution in [2.24, 2.45) is 12.8 Å². The summed E-state index contributed by atoms with van der Waals surface area (Å²) in [5, 5.41) is 9.42. The second kappa shape index (κ2) is 6.29. The number of hydrogen-bond donors (Lipinski definition) is 3. The van der Waals surface area contributed by atoms with Crippen LogP contribution < -0.4 is 16.4 Å². The van der Waals surface area contributed by atoms with Crippen LogP contribution in [0.5, 0.6) is 0 Å². The quantitative estimate of drug-likeness (QED) is 0.682. The molecule has 0 saturated carbocycles. The van der Waals surface area contributed by atoms with Crippen LogP contribution in [0, 0.1) is 0 Å². The first-order valence-corrected chi connectivity index (χ1v) is 7.18. The molecule has 0 saturated heterocycles. The highest BCUT2D eigenvalue weighted by atomic mass is 16.2. The van der Waals surface area contributed by atoms with E-state index >= 15 is 0 Å². The van der Waals surface area contributed by atoms with Crippen molar-refractivity contribution in [3.05, 3.63) is 60.6 Å². The van der Waals surface area contributed by atoms with Crippen LogP contribution in [0.25, 0.3) is 5.82 Å². The average Bonchev–Trinajstić information content (AvgIpc) is 3.17. The molecule has 8 heteroatoms. The molecule has 4 N–H and O–H groups in total. The minimum absolute atomic E-state index is 0.276. The van der Waals surface area contributed by atoms with Crippen molar-refractivity contribution in [2.45, 2.75) is 0 Å². The number of benzene rings is 1. The van der Waals surface area contributed by atoms with Gasteiger partial charge >= 0.3 is 6.03 Å². The number of nitrogens with one attached hydrogen (secondary N) is 2. The van der Waals surface area contributed by atoms with Gasteiger partial charge < -0.3 is 20.9 Å². The summed E-state index contributed by atoms with van der Waals surface area (Å²) in [4.78, 5) is 23.3. The van der Waals surface area contributed by atoms with E-state index in [9.17, 15) is 9.59 Å². The van der Waals surface area contributed by atoms with Crippen molar-refractivity contribution in [3.63, 3.8) is 0 Å². The van der Waals surface area contributed by atoms with Gasteiger partial charge in [0.25, 0.3) is 5.91 Å². The molecule has 3 rings (SSSR count). The summed E-state index contributed by atoms with van der Waals surface area (Å²) in [5.41, 5.74) is 6.65. The molecule has 3 amide bonds. The summed E-state index contributed by atoms with van der Waals surface area (Å²) in [6.45, 7) is 0. The third-order valence-electron chi connectivity index (χ3n) is 3.41. The molecule has 0 aliphatic rings. The van der Waals surface area contributed by atoms with E-state index in [4.69, 9.17) is 5.73 Å². The average molecular weight is 324 g/mol. The smallest absolute Gasteiger partial charge is 0.316 e. The van der Waals surface area contributed by atoms with Crippen molar-refractivity contribution in [3.8, 4) is 5.82 Å². The largest absolute Gasteiger partial charge is 0.351 e. The van der Waals surface area contributed by atoms with Crippen molar-refractivity contribution < 1.29 is 9.59 Å². The van der Waals surface area contributed by atoms with E-state index in [-0.39, 0.29) is 5.91 Å². The minimum Gasteiger partial charge on any atom is -0.351 e. The van der Waals surface area contributed by atoms with Gasteiger partial charge in [-0.05, 0) is 36.4 Å². The van der Waals surface area contributed by atoms with E-state index in [0.29, 0.717) is 22.8 Å². The lowest BCUT2D eigenvalue weighted by Crippen LogP contribution is -2.19. The molecule has 1 aromatic carbocycles. The third-order valence-corrected chi connectivity index (χ3v) is 3.41. The van der Waals surface area contributed by atoms with Gasteiger partial charge in [0.05, 0.1) is 6.20 Å². The molecule has 0 radical (unpaired) electrons. The molecule has 0 aliphatic carbocycles. The minimum atomic E-state index is -0.640. The maximum Gasteiger partial charge on any atom is 0.316 e. The summed E-state index contributed by atoms with van der Waals surface area (Å²) in [6.07, 6.45) is 5.21. The van der Waals surface area contributed by atoms with Gasteiger partial charge in [-0.15, -0.1) is 0 Å². The molecule has 24 heavy (non-hydrogen) atoms. The molecule has 0 aliphatic heterocycles. The molecular formula is C16H16N6O2. The van der Waals surface area contributed by atoms with Crippen molar-refractivity contribution >= 4 is 23.3 Å². The highest BCUT2D eigenvalue weighted by Gasteiger charge is 2.17. The first-order chi connectivity index (χ1) is 11.5.